The number of pyridine rings is 1. The number of fused-ring (bicyclic) bond motifs is 1. The Kier molecular flexibility index (Phi) is 4.37. The lowest BCUT2D eigenvalue weighted by Crippen LogP contribution is -2.42. The van der Waals surface area contributed by atoms with Gasteiger partial charge < -0.3 is 18.6 Å². The fraction of sp³-hybridized carbons (Fsp3) is 0.227. The summed E-state index contributed by atoms with van der Waals surface area (Å²) in [5, 5.41) is 4.64. The summed E-state index contributed by atoms with van der Waals surface area (Å²) in [5.74, 6) is 0.472. The number of hydrogen-bond donors (Lipinski definition) is 0. The van der Waals surface area contributed by atoms with Crippen molar-refractivity contribution < 1.29 is 18.5 Å². The number of nitrogens with zero attached hydrogens (tertiary/aromatic N) is 3. The molecule has 4 heterocycles. The van der Waals surface area contributed by atoms with Crippen LogP contribution < -0.4 is 0 Å². The number of rotatable bonds is 3. The fourth-order valence-corrected chi connectivity index (χ4v) is 3.69. The summed E-state index contributed by atoms with van der Waals surface area (Å²) in [6, 6.07) is 15.3. The molecular weight excluding hydrogens is 370 g/mol. The molecule has 0 saturated carbocycles. The van der Waals surface area contributed by atoms with Gasteiger partial charge in [-0.2, -0.15) is 0 Å². The van der Waals surface area contributed by atoms with E-state index in [1.54, 1.807) is 24.5 Å². The van der Waals surface area contributed by atoms with Crippen molar-refractivity contribution in [1.29, 1.82) is 0 Å². The number of aromatic nitrogens is 2. The van der Waals surface area contributed by atoms with Crippen molar-refractivity contribution in [3.63, 3.8) is 0 Å². The minimum absolute atomic E-state index is 0.0965. The smallest absolute Gasteiger partial charge is 0.259 e. The van der Waals surface area contributed by atoms with Gasteiger partial charge in [0.25, 0.3) is 11.6 Å². The van der Waals surface area contributed by atoms with E-state index in [2.05, 4.69) is 10.1 Å². The van der Waals surface area contributed by atoms with Gasteiger partial charge in [-0.15, -0.1) is 0 Å². The molecule has 29 heavy (non-hydrogen) atoms. The second-order valence-corrected chi connectivity index (χ2v) is 7.00. The predicted molar refractivity (Wildman–Crippen MR) is 105 cm³/mol. The molecule has 5 rings (SSSR count). The van der Waals surface area contributed by atoms with Crippen molar-refractivity contribution in [2.24, 2.45) is 0 Å². The van der Waals surface area contributed by atoms with E-state index in [4.69, 9.17) is 13.7 Å². The first-order valence-electron chi connectivity index (χ1n) is 9.47. The zero-order valence-electron chi connectivity index (χ0n) is 15.9. The molecule has 1 unspecified atom stereocenters. The average Bonchev–Trinajstić information content (AvgIpc) is 3.44. The largest absolute Gasteiger partial charge is 0.463 e. The Labute approximate surface area is 166 Å². The van der Waals surface area contributed by atoms with Crippen LogP contribution in [0.1, 0.15) is 27.7 Å². The molecule has 146 valence electrons. The van der Waals surface area contributed by atoms with E-state index in [9.17, 15) is 4.79 Å². The molecule has 1 fully saturated rings. The monoisotopic (exact) mass is 389 g/mol. The third-order valence-electron chi connectivity index (χ3n) is 5.15. The summed E-state index contributed by atoms with van der Waals surface area (Å²) in [6.45, 7) is 3.29. The van der Waals surface area contributed by atoms with Gasteiger partial charge in [0.2, 0.25) is 0 Å². The minimum atomic E-state index is -0.153. The van der Waals surface area contributed by atoms with Crippen LogP contribution in [0.4, 0.5) is 0 Å². The highest BCUT2D eigenvalue weighted by Crippen LogP contribution is 2.30. The van der Waals surface area contributed by atoms with E-state index < -0.39 is 0 Å². The van der Waals surface area contributed by atoms with Gasteiger partial charge in [0.1, 0.15) is 11.8 Å². The summed E-state index contributed by atoms with van der Waals surface area (Å²) in [7, 11) is 0. The Hall–Kier alpha value is -3.45. The summed E-state index contributed by atoms with van der Waals surface area (Å²) in [5.41, 5.74) is 3.06. The Bertz CT molecular complexity index is 1150. The van der Waals surface area contributed by atoms with E-state index in [1.165, 1.54) is 0 Å². The normalized spacial score (nSPS) is 17.0. The molecule has 1 aliphatic heterocycles. The molecule has 1 atom stereocenters. The molecule has 1 aliphatic rings. The van der Waals surface area contributed by atoms with Crippen LogP contribution in [0.3, 0.4) is 0 Å². The zero-order chi connectivity index (χ0) is 19.8. The molecule has 4 aromatic rings. The van der Waals surface area contributed by atoms with E-state index >= 15 is 0 Å². The quantitative estimate of drug-likeness (QED) is 0.527. The predicted octanol–water partition coefficient (Wildman–Crippen LogP) is 4.00. The molecule has 3 aromatic heterocycles. The maximum absolute atomic E-state index is 13.5. The van der Waals surface area contributed by atoms with Crippen LogP contribution in [0.25, 0.3) is 22.6 Å². The van der Waals surface area contributed by atoms with Gasteiger partial charge in [0, 0.05) is 6.54 Å². The van der Waals surface area contributed by atoms with Crippen molar-refractivity contribution in [1.82, 2.24) is 15.0 Å². The molecule has 1 amide bonds. The molecule has 0 spiro atoms. The van der Waals surface area contributed by atoms with E-state index in [1.807, 2.05) is 42.2 Å². The highest BCUT2D eigenvalue weighted by molar-refractivity contribution is 6.06. The SMILES string of the molecule is Cc1noc2nc(-c3ccco3)cc(C(=O)N3CCOC(c4ccccc4)C3)c12. The number of carbonyl (C=O) groups is 1. The van der Waals surface area contributed by atoms with Crippen LogP contribution in [0.15, 0.2) is 63.7 Å². The molecular formula is C22H19N3O4. The van der Waals surface area contributed by atoms with Crippen LogP contribution >= 0.6 is 0 Å². The Balaban J connectivity index is 1.52. The second kappa shape index (κ2) is 7.18. The first-order chi connectivity index (χ1) is 14.2. The van der Waals surface area contributed by atoms with Crippen molar-refractivity contribution in [3.05, 3.63) is 71.6 Å². The number of aryl methyl sites for hydroxylation is 1. The maximum Gasteiger partial charge on any atom is 0.259 e. The molecule has 0 aliphatic carbocycles. The number of carbonyl (C=O) groups excluding carboxylic acids is 1. The summed E-state index contributed by atoms with van der Waals surface area (Å²) in [6.07, 6.45) is 1.42. The van der Waals surface area contributed by atoms with E-state index in [0.717, 1.165) is 5.56 Å². The highest BCUT2D eigenvalue weighted by Gasteiger charge is 2.29. The molecule has 0 bridgehead atoms. The lowest BCUT2D eigenvalue weighted by atomic mass is 10.0. The summed E-state index contributed by atoms with van der Waals surface area (Å²) >= 11 is 0. The van der Waals surface area contributed by atoms with E-state index in [0.29, 0.717) is 53.5 Å². The van der Waals surface area contributed by atoms with Crippen molar-refractivity contribution >= 4 is 17.0 Å². The van der Waals surface area contributed by atoms with Crippen LogP contribution in [0.5, 0.6) is 0 Å². The van der Waals surface area contributed by atoms with Crippen molar-refractivity contribution in [2.75, 3.05) is 19.7 Å². The van der Waals surface area contributed by atoms with Gasteiger partial charge in [-0.25, -0.2) is 4.98 Å². The minimum Gasteiger partial charge on any atom is -0.463 e. The molecule has 0 N–H and O–H groups in total. The van der Waals surface area contributed by atoms with Crippen molar-refractivity contribution in [3.8, 4) is 11.5 Å². The molecule has 1 aromatic carbocycles. The Morgan fingerprint density at radius 1 is 1.17 bits per heavy atom. The number of morpholine rings is 1. The zero-order valence-corrected chi connectivity index (χ0v) is 15.9. The van der Waals surface area contributed by atoms with Gasteiger partial charge in [-0.1, -0.05) is 35.5 Å². The number of benzene rings is 1. The Morgan fingerprint density at radius 2 is 2.03 bits per heavy atom. The molecule has 7 heteroatoms. The summed E-state index contributed by atoms with van der Waals surface area (Å²) in [4.78, 5) is 19.8. The highest BCUT2D eigenvalue weighted by atomic mass is 16.5. The van der Waals surface area contributed by atoms with Crippen LogP contribution in [0.2, 0.25) is 0 Å². The van der Waals surface area contributed by atoms with Crippen LogP contribution in [-0.4, -0.2) is 40.6 Å². The first-order valence-corrected chi connectivity index (χ1v) is 9.47. The summed E-state index contributed by atoms with van der Waals surface area (Å²) < 4.78 is 16.7. The van der Waals surface area contributed by atoms with Crippen LogP contribution in [0, 0.1) is 6.92 Å². The fourth-order valence-electron chi connectivity index (χ4n) is 3.69. The lowest BCUT2D eigenvalue weighted by molar-refractivity contribution is -0.0227. The third-order valence-corrected chi connectivity index (χ3v) is 5.15. The lowest BCUT2D eigenvalue weighted by Gasteiger charge is -2.33. The standard InChI is InChI=1S/C22H19N3O4/c1-14-20-16(12-17(18-8-5-10-27-18)23-21(20)29-24-14)22(26)25-9-11-28-19(13-25)15-6-3-2-4-7-15/h2-8,10,12,19H,9,11,13H2,1H3. The van der Waals surface area contributed by atoms with Gasteiger partial charge >= 0.3 is 0 Å². The van der Waals surface area contributed by atoms with Gasteiger partial charge in [-0.3, -0.25) is 4.79 Å². The maximum atomic E-state index is 13.5. The average molecular weight is 389 g/mol. The number of amides is 1. The number of ether oxygens (including phenoxy) is 1. The van der Waals surface area contributed by atoms with E-state index in [-0.39, 0.29) is 12.0 Å². The number of hydrogen-bond acceptors (Lipinski definition) is 6. The van der Waals surface area contributed by atoms with Gasteiger partial charge in [-0.05, 0) is 30.7 Å². The second-order valence-electron chi connectivity index (χ2n) is 7.00. The van der Waals surface area contributed by atoms with Crippen molar-refractivity contribution in [2.45, 2.75) is 13.0 Å². The Morgan fingerprint density at radius 3 is 2.83 bits per heavy atom. The van der Waals surface area contributed by atoms with Gasteiger partial charge in [0.15, 0.2) is 5.76 Å². The van der Waals surface area contributed by atoms with Gasteiger partial charge in [0.05, 0.1) is 36.1 Å². The molecule has 7 nitrogen and oxygen atoms in total. The third kappa shape index (κ3) is 3.19. The number of furan rings is 1. The first kappa shape index (κ1) is 17.6. The molecule has 1 saturated heterocycles. The van der Waals surface area contributed by atoms with Crippen LogP contribution in [-0.2, 0) is 4.74 Å². The molecule has 0 radical (unpaired) electrons. The topological polar surface area (TPSA) is 81.6 Å².